The Labute approximate surface area is 329 Å². The van der Waals surface area contributed by atoms with Crippen LogP contribution in [0.4, 0.5) is 0 Å². The van der Waals surface area contributed by atoms with Crippen LogP contribution in [0.5, 0.6) is 0 Å². The molecule has 0 heterocycles. The number of allylic oxidation sites excluding steroid dienone is 1. The van der Waals surface area contributed by atoms with Gasteiger partial charge in [-0.05, 0) is 89.3 Å². The Kier molecular flexibility index (Phi) is 11.4. The van der Waals surface area contributed by atoms with E-state index in [1.165, 1.54) is 70.8 Å². The maximum Gasteiger partial charge on any atom is 0.0278 e. The summed E-state index contributed by atoms with van der Waals surface area (Å²) < 4.78 is 0. The quantitative estimate of drug-likeness (QED) is 0.116. The summed E-state index contributed by atoms with van der Waals surface area (Å²) in [5.74, 6) is 0.0247. The smallest absolute Gasteiger partial charge is 0.0278 e. The van der Waals surface area contributed by atoms with Crippen molar-refractivity contribution < 1.29 is 0 Å². The average Bonchev–Trinajstić information content (AvgIpc) is 3.25. The molecule has 0 aromatic heterocycles. The van der Waals surface area contributed by atoms with Crippen LogP contribution in [0.15, 0.2) is 224 Å². The van der Waals surface area contributed by atoms with Crippen molar-refractivity contribution in [3.8, 4) is 0 Å². The largest absolute Gasteiger partial charge is 0.0641 e. The normalized spacial score (nSPS) is 11.2. The first-order chi connectivity index (χ1) is 27.1. The molecule has 2 heteroatoms. The summed E-state index contributed by atoms with van der Waals surface area (Å²) in [5, 5.41) is 8.07. The molecule has 0 spiro atoms. The van der Waals surface area contributed by atoms with E-state index in [1.54, 1.807) is 0 Å². The summed E-state index contributed by atoms with van der Waals surface area (Å²) in [4.78, 5) is 0. The molecule has 0 saturated heterocycles. The van der Waals surface area contributed by atoms with Crippen molar-refractivity contribution in [2.24, 2.45) is 0 Å². The van der Waals surface area contributed by atoms with Gasteiger partial charge in [-0.25, -0.2) is 0 Å². The second-order valence-electron chi connectivity index (χ2n) is 13.9. The molecule has 0 fully saturated rings. The topological polar surface area (TPSA) is 0 Å². The standard InChI is InChI=1S/C53H44P2/c1-40-31-35-42(36-32-40)50(43-37-33-41(2)34-38-43)39-51(48-27-15-17-29-52(48)54(44-19-7-3-8-20-44)45-21-9-4-10-22-45)49-28-16-18-30-53(49)55(46-23-11-5-12-24-46)47-25-13-6-14-26-47/h3-39,50H,1-2H3. The van der Waals surface area contributed by atoms with Crippen molar-refractivity contribution in [3.05, 3.63) is 258 Å². The Morgan fingerprint density at radius 2 is 0.636 bits per heavy atom. The van der Waals surface area contributed by atoms with Gasteiger partial charge in [-0.2, -0.15) is 0 Å². The predicted octanol–water partition coefficient (Wildman–Crippen LogP) is 11.1. The van der Waals surface area contributed by atoms with Gasteiger partial charge in [-0.1, -0.05) is 236 Å². The molecular weight excluding hydrogens is 699 g/mol. The summed E-state index contributed by atoms with van der Waals surface area (Å²) >= 11 is 0. The first-order valence-electron chi connectivity index (χ1n) is 19.0. The monoisotopic (exact) mass is 742 g/mol. The van der Waals surface area contributed by atoms with Crippen LogP contribution in [0.3, 0.4) is 0 Å². The summed E-state index contributed by atoms with van der Waals surface area (Å²) in [6, 6.07) is 81.0. The molecule has 8 aromatic rings. The van der Waals surface area contributed by atoms with E-state index in [9.17, 15) is 0 Å². The molecular formula is C53H44P2. The fourth-order valence-corrected chi connectivity index (χ4v) is 12.3. The summed E-state index contributed by atoms with van der Waals surface area (Å²) in [6.07, 6.45) is 2.57. The molecule has 8 aromatic carbocycles. The lowest BCUT2D eigenvalue weighted by atomic mass is 9.85. The van der Waals surface area contributed by atoms with Crippen LogP contribution in [0.2, 0.25) is 0 Å². The van der Waals surface area contributed by atoms with E-state index < -0.39 is 15.8 Å². The van der Waals surface area contributed by atoms with Crippen LogP contribution in [-0.4, -0.2) is 0 Å². The zero-order chi connectivity index (χ0) is 37.4. The minimum atomic E-state index is -0.880. The van der Waals surface area contributed by atoms with E-state index in [0.717, 1.165) is 0 Å². The van der Waals surface area contributed by atoms with Gasteiger partial charge in [0.1, 0.15) is 0 Å². The summed E-state index contributed by atoms with van der Waals surface area (Å²) in [6.45, 7) is 4.34. The number of aryl methyl sites for hydroxylation is 2. The average molecular weight is 743 g/mol. The number of rotatable bonds is 11. The molecule has 0 bridgehead atoms. The molecule has 0 atom stereocenters. The molecule has 0 N–H and O–H groups in total. The third kappa shape index (κ3) is 8.23. The molecule has 55 heavy (non-hydrogen) atoms. The van der Waals surface area contributed by atoms with Crippen LogP contribution >= 0.6 is 15.8 Å². The molecule has 0 aliphatic heterocycles. The maximum atomic E-state index is 2.57. The highest BCUT2D eigenvalue weighted by Crippen LogP contribution is 2.42. The van der Waals surface area contributed by atoms with Gasteiger partial charge in [0, 0.05) is 5.92 Å². The van der Waals surface area contributed by atoms with E-state index >= 15 is 0 Å². The molecule has 0 aliphatic rings. The van der Waals surface area contributed by atoms with E-state index in [0.29, 0.717) is 0 Å². The van der Waals surface area contributed by atoms with Gasteiger partial charge in [0.15, 0.2) is 0 Å². The molecule has 0 unspecified atom stereocenters. The van der Waals surface area contributed by atoms with Crippen molar-refractivity contribution in [2.75, 3.05) is 0 Å². The van der Waals surface area contributed by atoms with Gasteiger partial charge in [-0.15, -0.1) is 0 Å². The Hall–Kier alpha value is -5.64. The predicted molar refractivity (Wildman–Crippen MR) is 242 cm³/mol. The fraction of sp³-hybridized carbons (Fsp3) is 0.0566. The van der Waals surface area contributed by atoms with Crippen LogP contribution in [0.25, 0.3) is 5.57 Å². The summed E-state index contributed by atoms with van der Waals surface area (Å²) in [7, 11) is -1.76. The van der Waals surface area contributed by atoms with Gasteiger partial charge in [-0.3, -0.25) is 0 Å². The number of hydrogen-bond donors (Lipinski definition) is 0. The van der Waals surface area contributed by atoms with Crippen LogP contribution in [-0.2, 0) is 0 Å². The highest BCUT2D eigenvalue weighted by atomic mass is 31.1. The van der Waals surface area contributed by atoms with Gasteiger partial charge in [0.25, 0.3) is 0 Å². The lowest BCUT2D eigenvalue weighted by Gasteiger charge is -2.28. The van der Waals surface area contributed by atoms with Crippen LogP contribution in [0.1, 0.15) is 39.3 Å². The number of benzene rings is 8. The molecule has 8 rings (SSSR count). The lowest BCUT2D eigenvalue weighted by Crippen LogP contribution is -2.26. The van der Waals surface area contributed by atoms with E-state index in [1.807, 2.05) is 0 Å². The Balaban J connectivity index is 1.44. The molecule has 0 aliphatic carbocycles. The highest BCUT2D eigenvalue weighted by molar-refractivity contribution is 7.80. The third-order valence-electron chi connectivity index (χ3n) is 10.1. The van der Waals surface area contributed by atoms with Crippen molar-refractivity contribution >= 4 is 53.2 Å². The van der Waals surface area contributed by atoms with Gasteiger partial charge < -0.3 is 0 Å². The van der Waals surface area contributed by atoms with Crippen molar-refractivity contribution in [3.63, 3.8) is 0 Å². The van der Waals surface area contributed by atoms with Crippen molar-refractivity contribution in [2.45, 2.75) is 19.8 Å². The Morgan fingerprint density at radius 1 is 0.345 bits per heavy atom. The molecule has 266 valence electrons. The second-order valence-corrected chi connectivity index (χ2v) is 18.3. The molecule has 0 amide bonds. The van der Waals surface area contributed by atoms with Crippen molar-refractivity contribution in [1.82, 2.24) is 0 Å². The first kappa shape index (κ1) is 36.3. The Morgan fingerprint density at radius 3 is 0.964 bits per heavy atom. The maximum absolute atomic E-state index is 2.57. The SMILES string of the molecule is Cc1ccc(C(C=C(c2ccccc2P(c2ccccc2)c2ccccc2)c2ccccc2P(c2ccccc2)c2ccccc2)c2ccc(C)cc2)cc1. The highest BCUT2D eigenvalue weighted by Gasteiger charge is 2.27. The fourth-order valence-electron chi connectivity index (χ4n) is 7.38. The van der Waals surface area contributed by atoms with Crippen LogP contribution in [0, 0.1) is 13.8 Å². The van der Waals surface area contributed by atoms with E-state index in [4.69, 9.17) is 0 Å². The van der Waals surface area contributed by atoms with Crippen molar-refractivity contribution in [1.29, 1.82) is 0 Å². The van der Waals surface area contributed by atoms with Gasteiger partial charge in [0.2, 0.25) is 0 Å². The summed E-state index contributed by atoms with van der Waals surface area (Å²) in [5.41, 5.74) is 8.89. The minimum absolute atomic E-state index is 0.0247. The third-order valence-corrected chi connectivity index (χ3v) is 15.1. The first-order valence-corrected chi connectivity index (χ1v) is 21.7. The zero-order valence-electron chi connectivity index (χ0n) is 31.3. The van der Waals surface area contributed by atoms with E-state index in [2.05, 4.69) is 238 Å². The molecule has 0 nitrogen and oxygen atoms in total. The van der Waals surface area contributed by atoms with E-state index in [-0.39, 0.29) is 5.92 Å². The second kappa shape index (κ2) is 17.2. The zero-order valence-corrected chi connectivity index (χ0v) is 33.1. The number of hydrogen-bond acceptors (Lipinski definition) is 0. The lowest BCUT2D eigenvalue weighted by molar-refractivity contribution is 1.02. The van der Waals surface area contributed by atoms with Gasteiger partial charge in [0.05, 0.1) is 0 Å². The molecule has 0 saturated carbocycles. The van der Waals surface area contributed by atoms with Crippen LogP contribution < -0.4 is 31.8 Å². The van der Waals surface area contributed by atoms with Gasteiger partial charge >= 0.3 is 0 Å². The molecule has 0 radical (unpaired) electrons. The Bertz CT molecular complexity index is 2220. The minimum Gasteiger partial charge on any atom is -0.0641 e.